The van der Waals surface area contributed by atoms with Gasteiger partial charge >= 0.3 is 0 Å². The van der Waals surface area contributed by atoms with E-state index in [1.165, 1.54) is 41.3 Å². The predicted octanol–water partition coefficient (Wildman–Crippen LogP) is 5.14. The van der Waals surface area contributed by atoms with E-state index in [-0.39, 0.29) is 12.5 Å². The van der Waals surface area contributed by atoms with Gasteiger partial charge in [-0.3, -0.25) is 9.69 Å². The number of hydrogen-bond donors (Lipinski definition) is 1. The molecule has 0 radical (unpaired) electrons. The number of benzene rings is 3. The summed E-state index contributed by atoms with van der Waals surface area (Å²) in [6.07, 6.45) is 4.83. The van der Waals surface area contributed by atoms with E-state index in [1.54, 1.807) is 0 Å². The number of carbonyl (C=O) groups is 1. The summed E-state index contributed by atoms with van der Waals surface area (Å²) in [5, 5.41) is 11.7. The van der Waals surface area contributed by atoms with Gasteiger partial charge in [0, 0.05) is 56.6 Å². The van der Waals surface area contributed by atoms with Gasteiger partial charge in [-0.2, -0.15) is 0 Å². The molecule has 1 amide bonds. The molecule has 1 N–H and O–H groups in total. The third kappa shape index (κ3) is 5.42. The fourth-order valence-corrected chi connectivity index (χ4v) is 6.15. The SMILES string of the molecule is CCN(c1ccc2ccccc2c1)C1CCCC(c2ccc(C(=O)N3CCN(CCO)CC3)cc2)C1. The van der Waals surface area contributed by atoms with Crippen molar-refractivity contribution in [2.24, 2.45) is 0 Å². The minimum Gasteiger partial charge on any atom is -0.395 e. The van der Waals surface area contributed by atoms with Crippen LogP contribution in [0.3, 0.4) is 0 Å². The Bertz CT molecular complexity index is 1150. The van der Waals surface area contributed by atoms with Crippen LogP contribution >= 0.6 is 0 Å². The number of nitrogens with zero attached hydrogens (tertiary/aromatic N) is 3. The number of amides is 1. The molecular formula is C31H39N3O2. The highest BCUT2D eigenvalue weighted by atomic mass is 16.3. The first-order valence-corrected chi connectivity index (χ1v) is 13.6. The van der Waals surface area contributed by atoms with Gasteiger partial charge in [-0.15, -0.1) is 0 Å². The maximum Gasteiger partial charge on any atom is 0.253 e. The van der Waals surface area contributed by atoms with E-state index in [2.05, 4.69) is 71.3 Å². The quantitative estimate of drug-likeness (QED) is 0.503. The third-order valence-corrected chi connectivity index (χ3v) is 8.20. The van der Waals surface area contributed by atoms with E-state index in [0.29, 0.717) is 18.5 Å². The monoisotopic (exact) mass is 485 g/mol. The molecule has 0 spiro atoms. The molecule has 190 valence electrons. The van der Waals surface area contributed by atoms with E-state index in [1.807, 2.05) is 17.0 Å². The standard InChI is InChI=1S/C31H39N3O2/c1-2-34(30-15-14-24-6-3-4-7-27(24)23-30)29-9-5-8-28(22-29)25-10-12-26(13-11-25)31(36)33-18-16-32(17-19-33)20-21-35/h3-4,6-7,10-15,23,28-29,35H,2,5,8-9,16-22H2,1H3. The molecule has 5 heteroatoms. The largest absolute Gasteiger partial charge is 0.395 e. The summed E-state index contributed by atoms with van der Waals surface area (Å²) in [5.41, 5.74) is 3.47. The molecule has 2 fully saturated rings. The first-order chi connectivity index (χ1) is 17.7. The van der Waals surface area contributed by atoms with Crippen molar-refractivity contribution >= 4 is 22.4 Å². The Balaban J connectivity index is 1.24. The maximum atomic E-state index is 13.0. The van der Waals surface area contributed by atoms with Crippen molar-refractivity contribution in [1.82, 2.24) is 9.80 Å². The van der Waals surface area contributed by atoms with Crippen molar-refractivity contribution in [2.45, 2.75) is 44.6 Å². The molecule has 3 aromatic rings. The fraction of sp³-hybridized carbons (Fsp3) is 0.452. The molecule has 0 bridgehead atoms. The summed E-state index contributed by atoms with van der Waals surface area (Å²) in [4.78, 5) is 19.8. The van der Waals surface area contributed by atoms with Crippen molar-refractivity contribution in [3.63, 3.8) is 0 Å². The van der Waals surface area contributed by atoms with Crippen LogP contribution in [0.1, 0.15) is 54.4 Å². The summed E-state index contributed by atoms with van der Waals surface area (Å²) in [7, 11) is 0. The zero-order valence-electron chi connectivity index (χ0n) is 21.5. The van der Waals surface area contributed by atoms with Gasteiger partial charge in [0.05, 0.1) is 6.61 Å². The van der Waals surface area contributed by atoms with E-state index >= 15 is 0 Å². The highest BCUT2D eigenvalue weighted by molar-refractivity contribution is 5.94. The Labute approximate surface area is 215 Å². The number of fused-ring (bicyclic) bond motifs is 1. The second-order valence-electron chi connectivity index (χ2n) is 10.3. The van der Waals surface area contributed by atoms with Gasteiger partial charge in [0.2, 0.25) is 0 Å². The summed E-state index contributed by atoms with van der Waals surface area (Å²) in [5.74, 6) is 0.657. The molecule has 2 unspecified atom stereocenters. The van der Waals surface area contributed by atoms with Gasteiger partial charge in [-0.05, 0) is 72.7 Å². The lowest BCUT2D eigenvalue weighted by atomic mass is 9.80. The smallest absolute Gasteiger partial charge is 0.253 e. The van der Waals surface area contributed by atoms with Gasteiger partial charge in [0.25, 0.3) is 5.91 Å². The van der Waals surface area contributed by atoms with Crippen molar-refractivity contribution in [3.8, 4) is 0 Å². The number of β-amino-alcohol motifs (C(OH)–C–C–N with tert-alkyl or cyclic N) is 1. The number of piperazine rings is 1. The Morgan fingerprint density at radius 1 is 0.944 bits per heavy atom. The average molecular weight is 486 g/mol. The predicted molar refractivity (Wildman–Crippen MR) is 148 cm³/mol. The molecule has 0 aromatic heterocycles. The van der Waals surface area contributed by atoms with Crippen LogP contribution in [0.4, 0.5) is 5.69 Å². The van der Waals surface area contributed by atoms with Gasteiger partial charge in [0.1, 0.15) is 0 Å². The minimum absolute atomic E-state index is 0.125. The highest BCUT2D eigenvalue weighted by Gasteiger charge is 2.28. The number of carbonyl (C=O) groups excluding carboxylic acids is 1. The van der Waals surface area contributed by atoms with Crippen molar-refractivity contribution < 1.29 is 9.90 Å². The molecule has 1 aliphatic heterocycles. The van der Waals surface area contributed by atoms with E-state index < -0.39 is 0 Å². The number of anilines is 1. The van der Waals surface area contributed by atoms with Gasteiger partial charge in [0.15, 0.2) is 0 Å². The lowest BCUT2D eigenvalue weighted by Gasteiger charge is -2.39. The lowest BCUT2D eigenvalue weighted by molar-refractivity contribution is 0.0615. The molecule has 5 nitrogen and oxygen atoms in total. The van der Waals surface area contributed by atoms with Crippen LogP contribution in [-0.2, 0) is 0 Å². The zero-order chi connectivity index (χ0) is 24.9. The molecule has 1 aliphatic carbocycles. The van der Waals surface area contributed by atoms with Gasteiger partial charge in [-0.25, -0.2) is 0 Å². The Kier molecular flexibility index (Phi) is 7.88. The van der Waals surface area contributed by atoms with Crippen LogP contribution in [-0.4, -0.2) is 72.7 Å². The topological polar surface area (TPSA) is 47.0 Å². The number of rotatable bonds is 7. The van der Waals surface area contributed by atoms with Crippen LogP contribution in [0, 0.1) is 0 Å². The van der Waals surface area contributed by atoms with Gasteiger partial charge in [-0.1, -0.05) is 48.9 Å². The molecule has 36 heavy (non-hydrogen) atoms. The Hall–Kier alpha value is -2.89. The van der Waals surface area contributed by atoms with Crippen LogP contribution in [0.25, 0.3) is 10.8 Å². The number of aliphatic hydroxyl groups is 1. The van der Waals surface area contributed by atoms with E-state index in [9.17, 15) is 4.79 Å². The lowest BCUT2D eigenvalue weighted by Crippen LogP contribution is -2.49. The zero-order valence-corrected chi connectivity index (χ0v) is 21.5. The second kappa shape index (κ2) is 11.4. The average Bonchev–Trinajstić information content (AvgIpc) is 2.94. The highest BCUT2D eigenvalue weighted by Crippen LogP contribution is 2.37. The van der Waals surface area contributed by atoms with Gasteiger partial charge < -0.3 is 14.9 Å². The summed E-state index contributed by atoms with van der Waals surface area (Å²) >= 11 is 0. The van der Waals surface area contributed by atoms with Crippen LogP contribution < -0.4 is 4.90 Å². The van der Waals surface area contributed by atoms with Crippen molar-refractivity contribution in [3.05, 3.63) is 77.9 Å². The van der Waals surface area contributed by atoms with E-state index in [0.717, 1.165) is 44.7 Å². The molecule has 1 saturated carbocycles. The molecule has 3 aromatic carbocycles. The summed E-state index contributed by atoms with van der Waals surface area (Å²) in [6, 6.07) is 24.4. The van der Waals surface area contributed by atoms with Crippen LogP contribution in [0.5, 0.6) is 0 Å². The molecule has 2 atom stereocenters. The normalized spacial score (nSPS) is 21.0. The first kappa shape index (κ1) is 24.8. The number of hydrogen-bond acceptors (Lipinski definition) is 4. The number of aliphatic hydroxyl groups excluding tert-OH is 1. The van der Waals surface area contributed by atoms with Crippen LogP contribution in [0.2, 0.25) is 0 Å². The molecule has 1 saturated heterocycles. The fourth-order valence-electron chi connectivity index (χ4n) is 6.15. The van der Waals surface area contributed by atoms with Crippen molar-refractivity contribution in [2.75, 3.05) is 50.8 Å². The Morgan fingerprint density at radius 3 is 2.42 bits per heavy atom. The molecule has 1 heterocycles. The first-order valence-electron chi connectivity index (χ1n) is 13.6. The Morgan fingerprint density at radius 2 is 1.69 bits per heavy atom. The van der Waals surface area contributed by atoms with Crippen molar-refractivity contribution in [1.29, 1.82) is 0 Å². The summed E-state index contributed by atoms with van der Waals surface area (Å²) < 4.78 is 0. The second-order valence-corrected chi connectivity index (χ2v) is 10.3. The summed E-state index contributed by atoms with van der Waals surface area (Å²) in [6.45, 7) is 7.26. The maximum absolute atomic E-state index is 13.0. The molecule has 2 aliphatic rings. The molecule has 5 rings (SSSR count). The minimum atomic E-state index is 0.125. The molecular weight excluding hydrogens is 446 g/mol. The van der Waals surface area contributed by atoms with E-state index in [4.69, 9.17) is 5.11 Å². The third-order valence-electron chi connectivity index (χ3n) is 8.20. The van der Waals surface area contributed by atoms with Crippen LogP contribution in [0.15, 0.2) is 66.7 Å².